The van der Waals surface area contributed by atoms with E-state index in [4.69, 9.17) is 0 Å². The zero-order valence-corrected chi connectivity index (χ0v) is 17.9. The van der Waals surface area contributed by atoms with Crippen molar-refractivity contribution < 1.29 is 35.5 Å². The maximum absolute atomic E-state index is 13.3. The first-order chi connectivity index (χ1) is 15.5. The number of benzene rings is 3. The molecule has 33 heavy (non-hydrogen) atoms. The Morgan fingerprint density at radius 1 is 0.939 bits per heavy atom. The highest BCUT2D eigenvalue weighted by molar-refractivity contribution is 7.87. The number of carbonyl (C=O) groups excluding carboxylic acids is 2. The maximum atomic E-state index is 13.3. The smallest absolute Gasteiger partial charge is 0.326 e. The summed E-state index contributed by atoms with van der Waals surface area (Å²) in [4.78, 5) is 25.2. The Labute approximate surface area is 187 Å². The van der Waals surface area contributed by atoms with Gasteiger partial charge in [0.05, 0.1) is 0 Å². The van der Waals surface area contributed by atoms with Crippen LogP contribution in [0.3, 0.4) is 0 Å². The molecule has 3 aromatic rings. The molecule has 0 saturated heterocycles. The molecule has 0 aliphatic carbocycles. The second kappa shape index (κ2) is 9.41. The van der Waals surface area contributed by atoms with Crippen molar-refractivity contribution in [2.24, 2.45) is 5.16 Å². The van der Waals surface area contributed by atoms with E-state index in [-0.39, 0.29) is 23.5 Å². The Balaban J connectivity index is 2.13. The van der Waals surface area contributed by atoms with Crippen molar-refractivity contribution in [1.29, 1.82) is 0 Å². The van der Waals surface area contributed by atoms with Gasteiger partial charge in [-0.25, -0.2) is 0 Å². The zero-order valence-electron chi connectivity index (χ0n) is 17.1. The normalized spacial score (nSPS) is 12.4. The quantitative estimate of drug-likeness (QED) is 0.231. The van der Waals surface area contributed by atoms with E-state index in [0.717, 1.165) is 0 Å². The van der Waals surface area contributed by atoms with Crippen LogP contribution in [-0.4, -0.2) is 31.3 Å². The van der Waals surface area contributed by atoms with Gasteiger partial charge in [-0.2, -0.15) is 21.6 Å². The lowest BCUT2D eigenvalue weighted by Crippen LogP contribution is -2.25. The van der Waals surface area contributed by atoms with Crippen LogP contribution in [0.15, 0.2) is 71.9 Å². The molecule has 172 valence electrons. The molecule has 0 spiro atoms. The standard InChI is InChI=1S/C22H17F3N2O5S/c1-2-19(28)26-18-13-12-17(15-10-6-7-11-16(15)18)21(29)20(14-8-4-3-5-9-14)27-32-33(30,31)22(23,24)25/h3-13H,2H2,1H3,(H,26,28)/b27-20+. The van der Waals surface area contributed by atoms with Crippen LogP contribution in [0.5, 0.6) is 0 Å². The van der Waals surface area contributed by atoms with Crippen LogP contribution in [0.25, 0.3) is 10.8 Å². The molecular weight excluding hydrogens is 461 g/mol. The largest absolute Gasteiger partial charge is 0.536 e. The summed E-state index contributed by atoms with van der Waals surface area (Å²) in [6.07, 6.45) is 0.227. The number of oxime groups is 1. The molecule has 0 heterocycles. The minimum absolute atomic E-state index is 0.0238. The minimum Gasteiger partial charge on any atom is -0.326 e. The van der Waals surface area contributed by atoms with E-state index < -0.39 is 27.1 Å². The molecule has 0 aliphatic rings. The summed E-state index contributed by atoms with van der Waals surface area (Å²) >= 11 is 0. The fraction of sp³-hybridized carbons (Fsp3) is 0.136. The average molecular weight is 478 g/mol. The van der Waals surface area contributed by atoms with Crippen LogP contribution in [0.4, 0.5) is 18.9 Å². The number of carbonyl (C=O) groups is 2. The Morgan fingerprint density at radius 3 is 2.15 bits per heavy atom. The van der Waals surface area contributed by atoms with Crippen molar-refractivity contribution >= 4 is 44.0 Å². The Morgan fingerprint density at radius 2 is 1.55 bits per heavy atom. The predicted molar refractivity (Wildman–Crippen MR) is 116 cm³/mol. The van der Waals surface area contributed by atoms with E-state index in [9.17, 15) is 31.2 Å². The molecule has 0 radical (unpaired) electrons. The molecule has 0 atom stereocenters. The number of Topliss-reactive ketones (excluding diaryl/α,β-unsaturated/α-hetero) is 1. The zero-order chi connectivity index (χ0) is 24.2. The molecule has 0 aromatic heterocycles. The van der Waals surface area contributed by atoms with Gasteiger partial charge in [0.2, 0.25) is 11.7 Å². The van der Waals surface area contributed by atoms with Gasteiger partial charge in [-0.1, -0.05) is 66.7 Å². The minimum atomic E-state index is -6.07. The molecular formula is C22H17F3N2O5S. The van der Waals surface area contributed by atoms with Gasteiger partial charge in [-0.05, 0) is 17.5 Å². The van der Waals surface area contributed by atoms with Gasteiger partial charge in [0.25, 0.3) is 0 Å². The van der Waals surface area contributed by atoms with Crippen LogP contribution in [0, 0.1) is 0 Å². The summed E-state index contributed by atoms with van der Waals surface area (Å²) in [6, 6.07) is 16.7. The van der Waals surface area contributed by atoms with Gasteiger partial charge in [-0.3, -0.25) is 13.9 Å². The number of nitrogens with one attached hydrogen (secondary N) is 1. The van der Waals surface area contributed by atoms with Gasteiger partial charge in [0.1, 0.15) is 0 Å². The van der Waals surface area contributed by atoms with E-state index in [0.29, 0.717) is 16.5 Å². The first-order valence-electron chi connectivity index (χ1n) is 9.54. The summed E-state index contributed by atoms with van der Waals surface area (Å²) in [6.45, 7) is 1.67. The molecule has 11 heteroatoms. The highest BCUT2D eigenvalue weighted by atomic mass is 32.2. The van der Waals surface area contributed by atoms with Crippen molar-refractivity contribution in [1.82, 2.24) is 0 Å². The van der Waals surface area contributed by atoms with Gasteiger partial charge >= 0.3 is 15.6 Å². The van der Waals surface area contributed by atoms with E-state index in [1.807, 2.05) is 0 Å². The highest BCUT2D eigenvalue weighted by Gasteiger charge is 2.49. The van der Waals surface area contributed by atoms with Crippen LogP contribution >= 0.6 is 0 Å². The van der Waals surface area contributed by atoms with Crippen LogP contribution < -0.4 is 5.32 Å². The third kappa shape index (κ3) is 5.20. The number of rotatable bonds is 7. The first-order valence-corrected chi connectivity index (χ1v) is 11.0. The molecule has 0 unspecified atom stereocenters. The Bertz CT molecular complexity index is 1340. The van der Waals surface area contributed by atoms with E-state index in [1.165, 1.54) is 36.4 Å². The average Bonchev–Trinajstić information content (AvgIpc) is 2.79. The second-order valence-corrected chi connectivity index (χ2v) is 8.24. The highest BCUT2D eigenvalue weighted by Crippen LogP contribution is 2.29. The summed E-state index contributed by atoms with van der Waals surface area (Å²) < 4.78 is 64.6. The number of nitrogens with zero attached hydrogens (tertiary/aromatic N) is 1. The number of amides is 1. The molecule has 0 aliphatic heterocycles. The number of hydrogen-bond donors (Lipinski definition) is 1. The van der Waals surface area contributed by atoms with E-state index in [1.54, 1.807) is 37.3 Å². The van der Waals surface area contributed by atoms with Crippen molar-refractivity contribution in [2.75, 3.05) is 5.32 Å². The van der Waals surface area contributed by atoms with Crippen molar-refractivity contribution in [3.8, 4) is 0 Å². The summed E-state index contributed by atoms with van der Waals surface area (Å²) in [5.74, 6) is -1.13. The molecule has 1 amide bonds. The third-order valence-corrected chi connectivity index (χ3v) is 5.37. The van der Waals surface area contributed by atoms with E-state index >= 15 is 0 Å². The van der Waals surface area contributed by atoms with Gasteiger partial charge in [0, 0.05) is 28.6 Å². The molecule has 3 rings (SSSR count). The number of alkyl halides is 3. The third-order valence-electron chi connectivity index (χ3n) is 4.54. The SMILES string of the molecule is CCC(=O)Nc1ccc(C(=O)/C(=N/OS(=O)(=O)C(F)(F)F)c2ccccc2)c2ccccc12. The second-order valence-electron chi connectivity index (χ2n) is 6.72. The fourth-order valence-corrected chi connectivity index (χ4v) is 3.18. The van der Waals surface area contributed by atoms with Crippen LogP contribution in [0.1, 0.15) is 29.3 Å². The van der Waals surface area contributed by atoms with Crippen molar-refractivity contribution in [3.63, 3.8) is 0 Å². The maximum Gasteiger partial charge on any atom is 0.536 e. The number of halogens is 3. The summed E-state index contributed by atoms with van der Waals surface area (Å²) in [7, 11) is -6.07. The lowest BCUT2D eigenvalue weighted by atomic mass is 9.95. The van der Waals surface area contributed by atoms with Crippen molar-refractivity contribution in [2.45, 2.75) is 18.9 Å². The van der Waals surface area contributed by atoms with E-state index in [2.05, 4.69) is 14.8 Å². The topological polar surface area (TPSA) is 102 Å². The lowest BCUT2D eigenvalue weighted by molar-refractivity contribution is -0.115. The molecule has 0 saturated carbocycles. The monoisotopic (exact) mass is 478 g/mol. The molecule has 0 fully saturated rings. The van der Waals surface area contributed by atoms with Crippen LogP contribution in [0.2, 0.25) is 0 Å². The Kier molecular flexibility index (Phi) is 6.82. The van der Waals surface area contributed by atoms with Crippen molar-refractivity contribution in [3.05, 3.63) is 77.9 Å². The fourth-order valence-electron chi connectivity index (χ4n) is 2.92. The lowest BCUT2D eigenvalue weighted by Gasteiger charge is -2.13. The molecule has 7 nitrogen and oxygen atoms in total. The molecule has 3 aromatic carbocycles. The predicted octanol–water partition coefficient (Wildman–Crippen LogP) is 4.64. The number of fused-ring (bicyclic) bond motifs is 1. The van der Waals surface area contributed by atoms with Gasteiger partial charge in [0.15, 0.2) is 5.71 Å². The van der Waals surface area contributed by atoms with Gasteiger partial charge < -0.3 is 5.32 Å². The number of anilines is 1. The Hall–Kier alpha value is -3.73. The summed E-state index contributed by atoms with van der Waals surface area (Å²) in [5, 5.41) is 6.68. The molecule has 1 N–H and O–H groups in total. The number of ketones is 1. The first kappa shape index (κ1) is 23.9. The number of hydrogen-bond acceptors (Lipinski definition) is 6. The van der Waals surface area contributed by atoms with Gasteiger partial charge in [-0.15, -0.1) is 0 Å². The molecule has 0 bridgehead atoms. The van der Waals surface area contributed by atoms with Crippen LogP contribution in [-0.2, 0) is 19.2 Å². The summed E-state index contributed by atoms with van der Waals surface area (Å²) in [5.41, 5.74) is -5.85.